The van der Waals surface area contributed by atoms with Gasteiger partial charge in [0.05, 0.1) is 29.3 Å². The van der Waals surface area contributed by atoms with Crippen molar-refractivity contribution in [1.29, 1.82) is 0 Å². The van der Waals surface area contributed by atoms with Crippen molar-refractivity contribution in [3.05, 3.63) is 58.9 Å². The molecule has 0 bridgehead atoms. The average molecular weight is 447 g/mol. The van der Waals surface area contributed by atoms with Crippen molar-refractivity contribution in [2.75, 3.05) is 11.9 Å². The van der Waals surface area contributed by atoms with E-state index in [0.29, 0.717) is 36.5 Å². The van der Waals surface area contributed by atoms with Gasteiger partial charge in [0.2, 0.25) is 5.95 Å². The quantitative estimate of drug-likeness (QED) is 0.467. The molecule has 1 unspecified atom stereocenters. The van der Waals surface area contributed by atoms with Gasteiger partial charge in [0, 0.05) is 49.5 Å². The fourth-order valence-corrected chi connectivity index (χ4v) is 4.90. The number of fused-ring (bicyclic) bond motifs is 2. The molecule has 8 heteroatoms. The summed E-state index contributed by atoms with van der Waals surface area (Å²) in [6.07, 6.45) is 7.15. The van der Waals surface area contributed by atoms with E-state index < -0.39 is 0 Å². The largest absolute Gasteiger partial charge is 0.493 e. The van der Waals surface area contributed by atoms with Crippen LogP contribution in [0, 0.1) is 18.7 Å². The molecular weight excluding hydrogens is 419 g/mol. The van der Waals surface area contributed by atoms with Crippen molar-refractivity contribution < 1.29 is 9.13 Å². The number of aryl methyl sites for hydroxylation is 2. The third-order valence-electron chi connectivity index (χ3n) is 6.95. The predicted octanol–water partition coefficient (Wildman–Crippen LogP) is 4.64. The number of imidazole rings is 1. The number of nitrogens with zero attached hydrogens (tertiary/aromatic N) is 5. The highest BCUT2D eigenvalue weighted by atomic mass is 19.1. The van der Waals surface area contributed by atoms with Gasteiger partial charge in [-0.15, -0.1) is 0 Å². The number of aromatic nitrogens is 5. The van der Waals surface area contributed by atoms with Crippen LogP contribution in [-0.2, 0) is 20.0 Å². The van der Waals surface area contributed by atoms with Gasteiger partial charge in [0.1, 0.15) is 11.6 Å². The minimum Gasteiger partial charge on any atom is -0.493 e. The van der Waals surface area contributed by atoms with Crippen molar-refractivity contribution in [1.82, 2.24) is 24.1 Å². The van der Waals surface area contributed by atoms with Crippen LogP contribution in [0.3, 0.4) is 0 Å². The van der Waals surface area contributed by atoms with E-state index in [0.717, 1.165) is 46.0 Å². The second-order valence-electron chi connectivity index (χ2n) is 9.23. The molecule has 0 amide bonds. The molecule has 170 valence electrons. The first-order valence-corrected chi connectivity index (χ1v) is 11.6. The Hall–Kier alpha value is -3.42. The summed E-state index contributed by atoms with van der Waals surface area (Å²) >= 11 is 0. The lowest BCUT2D eigenvalue weighted by Gasteiger charge is -2.13. The minimum absolute atomic E-state index is 0.223. The van der Waals surface area contributed by atoms with E-state index in [1.165, 1.54) is 18.9 Å². The fraction of sp³-hybridized carbons (Fsp3) is 0.400. The van der Waals surface area contributed by atoms with Gasteiger partial charge >= 0.3 is 0 Å². The molecule has 2 aliphatic rings. The van der Waals surface area contributed by atoms with E-state index in [9.17, 15) is 4.39 Å². The van der Waals surface area contributed by atoms with Crippen molar-refractivity contribution in [3.63, 3.8) is 0 Å². The summed E-state index contributed by atoms with van der Waals surface area (Å²) in [6.45, 7) is 5.15. The highest BCUT2D eigenvalue weighted by molar-refractivity contribution is 5.76. The molecule has 1 atom stereocenters. The van der Waals surface area contributed by atoms with Crippen LogP contribution < -0.4 is 10.1 Å². The molecule has 3 aromatic heterocycles. The summed E-state index contributed by atoms with van der Waals surface area (Å²) in [5.41, 5.74) is 6.32. The number of benzene rings is 1. The molecule has 0 radical (unpaired) electrons. The first-order valence-electron chi connectivity index (χ1n) is 11.6. The van der Waals surface area contributed by atoms with Crippen molar-refractivity contribution in [2.45, 2.75) is 45.6 Å². The van der Waals surface area contributed by atoms with E-state index in [1.807, 2.05) is 35.3 Å². The lowest BCUT2D eigenvalue weighted by Crippen LogP contribution is -2.10. The number of anilines is 1. The first kappa shape index (κ1) is 20.2. The number of hydrogen-bond donors (Lipinski definition) is 1. The molecule has 1 N–H and O–H groups in total. The Balaban J connectivity index is 1.42. The third-order valence-corrected chi connectivity index (χ3v) is 6.95. The van der Waals surface area contributed by atoms with Crippen LogP contribution in [0.2, 0.25) is 0 Å². The lowest BCUT2D eigenvalue weighted by atomic mass is 10.0. The molecule has 4 aromatic rings. The number of nitrogens with one attached hydrogen (secondary N) is 1. The Kier molecular flexibility index (Phi) is 4.64. The van der Waals surface area contributed by atoms with Crippen LogP contribution in [-0.4, -0.2) is 30.8 Å². The Labute approximate surface area is 191 Å². The average Bonchev–Trinajstić information content (AvgIpc) is 3.21. The van der Waals surface area contributed by atoms with Crippen LogP contribution in [0.25, 0.3) is 16.9 Å². The summed E-state index contributed by atoms with van der Waals surface area (Å²) in [7, 11) is 1.93. The Morgan fingerprint density at radius 2 is 2.15 bits per heavy atom. The van der Waals surface area contributed by atoms with Crippen molar-refractivity contribution in [3.8, 4) is 17.0 Å². The second-order valence-corrected chi connectivity index (χ2v) is 9.23. The van der Waals surface area contributed by atoms with Crippen LogP contribution in [0.5, 0.6) is 5.75 Å². The van der Waals surface area contributed by atoms with Crippen LogP contribution in [0.1, 0.15) is 48.2 Å². The standard InChI is InChI=1S/C25H27FN6O/c1-14-10-22(31(3)30-14)19-12-28-25(32-13-21(29-24(19)32)15(2)16-4-5-16)27-11-18-17-8-9-33-23(17)7-6-20(18)26/h6-7,10,12-13,15-16H,4-5,8-9,11H2,1-3H3,(H,27,28). The van der Waals surface area contributed by atoms with Gasteiger partial charge in [-0.25, -0.2) is 14.4 Å². The summed E-state index contributed by atoms with van der Waals surface area (Å²) in [5, 5.41) is 7.86. The fourth-order valence-electron chi connectivity index (χ4n) is 4.90. The number of rotatable bonds is 6. The topological polar surface area (TPSA) is 69.3 Å². The molecule has 33 heavy (non-hydrogen) atoms. The monoisotopic (exact) mass is 446 g/mol. The number of ether oxygens (including phenoxy) is 1. The number of hydrogen-bond acceptors (Lipinski definition) is 5. The maximum Gasteiger partial charge on any atom is 0.208 e. The van der Waals surface area contributed by atoms with E-state index in [2.05, 4.69) is 23.5 Å². The molecule has 0 spiro atoms. The molecule has 1 aliphatic carbocycles. The molecule has 1 fully saturated rings. The molecule has 0 saturated heterocycles. The van der Waals surface area contributed by atoms with Gasteiger partial charge in [-0.2, -0.15) is 5.10 Å². The highest BCUT2D eigenvalue weighted by Gasteiger charge is 2.31. The smallest absolute Gasteiger partial charge is 0.208 e. The van der Waals surface area contributed by atoms with E-state index >= 15 is 0 Å². The normalized spacial score (nSPS) is 16.1. The minimum atomic E-state index is -0.223. The first-order chi connectivity index (χ1) is 16.0. The summed E-state index contributed by atoms with van der Waals surface area (Å²) in [4.78, 5) is 9.76. The van der Waals surface area contributed by atoms with Gasteiger partial charge in [-0.1, -0.05) is 6.92 Å². The Bertz CT molecular complexity index is 1370. The molecule has 1 aromatic carbocycles. The van der Waals surface area contributed by atoms with Gasteiger partial charge in [-0.05, 0) is 43.9 Å². The van der Waals surface area contributed by atoms with E-state index in [4.69, 9.17) is 14.7 Å². The van der Waals surface area contributed by atoms with E-state index in [1.54, 1.807) is 6.07 Å². The zero-order valence-electron chi connectivity index (χ0n) is 19.1. The number of halogens is 1. The zero-order valence-corrected chi connectivity index (χ0v) is 19.1. The third kappa shape index (κ3) is 3.44. The van der Waals surface area contributed by atoms with Crippen LogP contribution in [0.4, 0.5) is 10.3 Å². The van der Waals surface area contributed by atoms with Gasteiger partial charge in [0.25, 0.3) is 0 Å². The maximum atomic E-state index is 14.7. The SMILES string of the molecule is Cc1cc(-c2cnc(NCc3c(F)ccc4c3CCO4)n3cc(C(C)C4CC4)nc23)n(C)n1. The van der Waals surface area contributed by atoms with Crippen molar-refractivity contribution >= 4 is 11.6 Å². The molecule has 1 saturated carbocycles. The molecule has 7 nitrogen and oxygen atoms in total. The summed E-state index contributed by atoms with van der Waals surface area (Å²) in [5.74, 6) is 2.29. The maximum absolute atomic E-state index is 14.7. The van der Waals surface area contributed by atoms with E-state index in [-0.39, 0.29) is 5.82 Å². The predicted molar refractivity (Wildman–Crippen MR) is 124 cm³/mol. The highest BCUT2D eigenvalue weighted by Crippen LogP contribution is 2.42. The second kappa shape index (κ2) is 7.57. The zero-order chi connectivity index (χ0) is 22.7. The van der Waals surface area contributed by atoms with Gasteiger partial charge in [-0.3, -0.25) is 9.08 Å². The Morgan fingerprint density at radius 3 is 2.91 bits per heavy atom. The lowest BCUT2D eigenvalue weighted by molar-refractivity contribution is 0.356. The van der Waals surface area contributed by atoms with Crippen LogP contribution in [0.15, 0.2) is 30.6 Å². The van der Waals surface area contributed by atoms with Crippen molar-refractivity contribution in [2.24, 2.45) is 13.0 Å². The summed E-state index contributed by atoms with van der Waals surface area (Å²) in [6, 6.07) is 5.24. The summed E-state index contributed by atoms with van der Waals surface area (Å²) < 4.78 is 24.1. The van der Waals surface area contributed by atoms with Crippen LogP contribution >= 0.6 is 0 Å². The van der Waals surface area contributed by atoms with Gasteiger partial charge < -0.3 is 10.1 Å². The molecule has 1 aliphatic heterocycles. The molecule has 4 heterocycles. The van der Waals surface area contributed by atoms with Gasteiger partial charge in [0.15, 0.2) is 5.65 Å². The molecule has 6 rings (SSSR count). The Morgan fingerprint density at radius 1 is 1.30 bits per heavy atom. The molecular formula is C25H27FN6O.